The fourth-order valence-corrected chi connectivity index (χ4v) is 2.43. The van der Waals surface area contributed by atoms with Crippen molar-refractivity contribution in [1.29, 1.82) is 5.41 Å². The molecule has 0 amide bonds. The molecule has 0 spiro atoms. The van der Waals surface area contributed by atoms with E-state index in [0.29, 0.717) is 0 Å². The molecule has 1 unspecified atom stereocenters. The highest BCUT2D eigenvalue weighted by molar-refractivity contribution is 6.03. The van der Waals surface area contributed by atoms with E-state index in [1.165, 1.54) is 11.8 Å². The molecule has 2 aromatic carbocycles. The molecule has 0 fully saturated rings. The molecule has 0 radical (unpaired) electrons. The Hall–Kier alpha value is -2.68. The summed E-state index contributed by atoms with van der Waals surface area (Å²) in [6.07, 6.45) is 3.28. The molecule has 1 atom stereocenters. The largest absolute Gasteiger partial charge is 0.339 e. The van der Waals surface area contributed by atoms with E-state index < -0.39 is 0 Å². The minimum absolute atomic E-state index is 0.233. The maximum atomic E-state index is 7.61. The molecule has 3 heteroatoms. The number of aromatic amines is 1. The highest BCUT2D eigenvalue weighted by Gasteiger charge is 2.08. The first-order chi connectivity index (χ1) is 11.3. The summed E-state index contributed by atoms with van der Waals surface area (Å²) in [5, 5.41) is 8.65. The highest BCUT2D eigenvalue weighted by atomic mass is 14.9. The van der Waals surface area contributed by atoms with Crippen LogP contribution in [-0.2, 0) is 0 Å². The lowest BCUT2D eigenvalue weighted by molar-refractivity contribution is 1.04. The zero-order chi connectivity index (χ0) is 16.7. The van der Waals surface area contributed by atoms with Crippen LogP contribution in [0.4, 0.5) is 5.82 Å². The summed E-state index contributed by atoms with van der Waals surface area (Å²) in [7, 11) is 0. The first-order valence-corrected chi connectivity index (χ1v) is 8.00. The normalized spacial score (nSPS) is 12.0. The van der Waals surface area contributed by atoms with Crippen molar-refractivity contribution in [3.63, 3.8) is 0 Å². The van der Waals surface area contributed by atoms with Crippen molar-refractivity contribution in [2.24, 2.45) is 4.99 Å². The zero-order valence-corrected chi connectivity index (χ0v) is 13.9. The molecule has 1 aromatic heterocycles. The summed E-state index contributed by atoms with van der Waals surface area (Å²) in [5.74, 6) is 0.977. The van der Waals surface area contributed by atoms with Gasteiger partial charge in [-0.3, -0.25) is 0 Å². The molecule has 1 heterocycles. The summed E-state index contributed by atoms with van der Waals surface area (Å²) < 4.78 is 0. The van der Waals surface area contributed by atoms with Crippen LogP contribution < -0.4 is 0 Å². The molecule has 0 aliphatic carbocycles. The van der Waals surface area contributed by atoms with Gasteiger partial charge >= 0.3 is 0 Å². The summed E-state index contributed by atoms with van der Waals surface area (Å²) in [5.41, 5.74) is 3.08. The van der Waals surface area contributed by atoms with Crippen LogP contribution in [-0.4, -0.2) is 17.4 Å². The molecule has 23 heavy (non-hydrogen) atoms. The van der Waals surface area contributed by atoms with Gasteiger partial charge in [0.25, 0.3) is 0 Å². The number of hydrogen-bond donors (Lipinski definition) is 2. The number of fused-ring (bicyclic) bond motifs is 1. The molecule has 0 aliphatic heterocycles. The third-order valence-corrected chi connectivity index (χ3v) is 3.62. The lowest BCUT2D eigenvalue weighted by Gasteiger charge is -2.04. The number of nitrogens with zero attached hydrogens (tertiary/aromatic N) is 1. The van der Waals surface area contributed by atoms with Crippen molar-refractivity contribution in [3.05, 3.63) is 65.7 Å². The highest BCUT2D eigenvalue weighted by Crippen LogP contribution is 2.27. The maximum Gasteiger partial charge on any atom is 0.139 e. The lowest BCUT2D eigenvalue weighted by Crippen LogP contribution is -1.93. The van der Waals surface area contributed by atoms with E-state index in [0.717, 1.165) is 22.3 Å². The number of H-pyrrole nitrogens is 1. The van der Waals surface area contributed by atoms with Gasteiger partial charge in [-0.15, -0.1) is 0 Å². The van der Waals surface area contributed by atoms with Gasteiger partial charge in [0.05, 0.1) is 0 Å². The van der Waals surface area contributed by atoms with E-state index in [4.69, 9.17) is 5.41 Å². The molecule has 118 valence electrons. The molecular weight excluding hydrogens is 282 g/mol. The average molecular weight is 305 g/mol. The minimum atomic E-state index is 0.233. The smallest absolute Gasteiger partial charge is 0.139 e. The summed E-state index contributed by atoms with van der Waals surface area (Å²) in [6.45, 7) is 6.12. The molecule has 2 N–H and O–H groups in total. The quantitative estimate of drug-likeness (QED) is 0.581. The molecule has 0 saturated carbocycles. The van der Waals surface area contributed by atoms with Crippen LogP contribution >= 0.6 is 0 Å². The Morgan fingerprint density at radius 1 is 1.00 bits per heavy atom. The number of aromatic nitrogens is 1. The Bertz CT molecular complexity index is 785. The Labute approximate surface area is 137 Å². The number of para-hydroxylation sites is 1. The van der Waals surface area contributed by atoms with Crippen molar-refractivity contribution in [2.75, 3.05) is 0 Å². The molecule has 0 saturated heterocycles. The Kier molecular flexibility index (Phi) is 5.87. The SMILES string of the molecule is CC.CC(/C=N\c1[nH]c2ccccc2c1C=N)c1ccccc1. The number of hydrogen-bond acceptors (Lipinski definition) is 2. The maximum absolute atomic E-state index is 7.61. The Morgan fingerprint density at radius 3 is 2.35 bits per heavy atom. The van der Waals surface area contributed by atoms with Gasteiger partial charge in [-0.05, 0) is 11.6 Å². The van der Waals surface area contributed by atoms with Crippen LogP contribution in [0.3, 0.4) is 0 Å². The van der Waals surface area contributed by atoms with Gasteiger partial charge in [0.15, 0.2) is 0 Å². The number of benzene rings is 2. The standard InChI is InChI=1S/C18H17N3.C2H6/c1-13(14-7-3-2-4-8-14)12-20-18-16(11-19)15-9-5-6-10-17(15)21-18;1-2/h2-13,19,21H,1H3;1-2H3/b19-11?,20-12-;. The van der Waals surface area contributed by atoms with Gasteiger partial charge in [0.2, 0.25) is 0 Å². The summed E-state index contributed by atoms with van der Waals surface area (Å²) in [6, 6.07) is 18.2. The third kappa shape index (κ3) is 3.75. The van der Waals surface area contributed by atoms with Crippen LogP contribution in [0, 0.1) is 5.41 Å². The first-order valence-electron chi connectivity index (χ1n) is 8.00. The van der Waals surface area contributed by atoms with E-state index in [2.05, 4.69) is 29.0 Å². The van der Waals surface area contributed by atoms with Crippen LogP contribution in [0.25, 0.3) is 10.9 Å². The number of aliphatic imine (C=N–C) groups is 1. The van der Waals surface area contributed by atoms with Gasteiger partial charge in [-0.2, -0.15) is 0 Å². The molecule has 0 aliphatic rings. The van der Waals surface area contributed by atoms with Crippen molar-refractivity contribution < 1.29 is 0 Å². The van der Waals surface area contributed by atoms with Crippen LogP contribution in [0.5, 0.6) is 0 Å². The van der Waals surface area contributed by atoms with E-state index in [1.807, 2.05) is 62.5 Å². The zero-order valence-electron chi connectivity index (χ0n) is 13.9. The van der Waals surface area contributed by atoms with Crippen molar-refractivity contribution in [1.82, 2.24) is 4.98 Å². The van der Waals surface area contributed by atoms with E-state index in [1.54, 1.807) is 0 Å². The van der Waals surface area contributed by atoms with Gasteiger partial charge in [-0.25, -0.2) is 4.99 Å². The van der Waals surface area contributed by atoms with Crippen molar-refractivity contribution in [3.8, 4) is 0 Å². The van der Waals surface area contributed by atoms with Gasteiger partial charge < -0.3 is 10.4 Å². The lowest BCUT2D eigenvalue weighted by atomic mass is 10.0. The summed E-state index contributed by atoms with van der Waals surface area (Å²) in [4.78, 5) is 7.83. The second kappa shape index (κ2) is 8.08. The number of nitrogens with one attached hydrogen (secondary N) is 2. The van der Waals surface area contributed by atoms with E-state index >= 15 is 0 Å². The van der Waals surface area contributed by atoms with Crippen LogP contribution in [0.1, 0.15) is 37.8 Å². The minimum Gasteiger partial charge on any atom is -0.339 e. The average Bonchev–Trinajstić information content (AvgIpc) is 2.99. The summed E-state index contributed by atoms with van der Waals surface area (Å²) >= 11 is 0. The predicted molar refractivity (Wildman–Crippen MR) is 101 cm³/mol. The van der Waals surface area contributed by atoms with Gasteiger partial charge in [-0.1, -0.05) is 69.3 Å². The monoisotopic (exact) mass is 305 g/mol. The Morgan fingerprint density at radius 2 is 1.65 bits per heavy atom. The molecule has 3 nitrogen and oxygen atoms in total. The third-order valence-electron chi connectivity index (χ3n) is 3.62. The van der Waals surface area contributed by atoms with Crippen LogP contribution in [0.15, 0.2) is 59.6 Å². The second-order valence-corrected chi connectivity index (χ2v) is 5.05. The van der Waals surface area contributed by atoms with E-state index in [-0.39, 0.29) is 5.92 Å². The molecular formula is C20H23N3. The van der Waals surface area contributed by atoms with Gasteiger partial charge in [0, 0.05) is 34.8 Å². The predicted octanol–water partition coefficient (Wildman–Crippen LogP) is 5.70. The van der Waals surface area contributed by atoms with Gasteiger partial charge in [0.1, 0.15) is 5.82 Å². The first kappa shape index (κ1) is 16.7. The molecule has 3 rings (SSSR count). The Balaban J connectivity index is 0.000000924. The molecule has 0 bridgehead atoms. The number of rotatable bonds is 4. The van der Waals surface area contributed by atoms with Crippen molar-refractivity contribution in [2.45, 2.75) is 26.7 Å². The van der Waals surface area contributed by atoms with E-state index in [9.17, 15) is 0 Å². The fraction of sp³-hybridized carbons (Fsp3) is 0.200. The topological polar surface area (TPSA) is 52.0 Å². The molecule has 3 aromatic rings. The van der Waals surface area contributed by atoms with Crippen molar-refractivity contribution >= 4 is 29.1 Å². The second-order valence-electron chi connectivity index (χ2n) is 5.05. The van der Waals surface area contributed by atoms with Crippen LogP contribution in [0.2, 0.25) is 0 Å². The fourth-order valence-electron chi connectivity index (χ4n) is 2.43.